The van der Waals surface area contributed by atoms with Gasteiger partial charge in [0.05, 0.1) is 6.10 Å². The van der Waals surface area contributed by atoms with Crippen molar-refractivity contribution in [3.63, 3.8) is 0 Å². The Balaban J connectivity index is 2.05. The molecule has 0 spiro atoms. The summed E-state index contributed by atoms with van der Waals surface area (Å²) in [5.41, 5.74) is 3.90. The first-order valence-corrected chi connectivity index (χ1v) is 8.06. The lowest BCUT2D eigenvalue weighted by Crippen LogP contribution is -2.22. The summed E-state index contributed by atoms with van der Waals surface area (Å²) in [4.78, 5) is 0. The van der Waals surface area contributed by atoms with E-state index in [4.69, 9.17) is 4.74 Å². The standard InChI is InChI=1S/C18H29NO/c1-13(2)19-12-16-10-14(3)18(15(4)11-16)20-17-8-6-5-7-9-17/h10-11,13,17,19H,5-9,12H2,1-4H3. The Morgan fingerprint density at radius 3 is 2.25 bits per heavy atom. The summed E-state index contributed by atoms with van der Waals surface area (Å²) in [6.45, 7) is 9.64. The molecule has 1 saturated carbocycles. The Morgan fingerprint density at radius 1 is 1.10 bits per heavy atom. The number of aryl methyl sites for hydroxylation is 2. The number of rotatable bonds is 5. The van der Waals surface area contributed by atoms with Crippen molar-refractivity contribution in [1.29, 1.82) is 0 Å². The van der Waals surface area contributed by atoms with E-state index in [9.17, 15) is 0 Å². The molecule has 1 aliphatic rings. The van der Waals surface area contributed by atoms with Gasteiger partial charge in [0, 0.05) is 12.6 Å². The average molecular weight is 275 g/mol. The fourth-order valence-corrected chi connectivity index (χ4v) is 3.00. The lowest BCUT2D eigenvalue weighted by atomic mass is 9.97. The first-order chi connectivity index (χ1) is 9.56. The van der Waals surface area contributed by atoms with Gasteiger partial charge in [0.2, 0.25) is 0 Å². The summed E-state index contributed by atoms with van der Waals surface area (Å²) in [6.07, 6.45) is 6.88. The molecular weight excluding hydrogens is 246 g/mol. The van der Waals surface area contributed by atoms with Crippen molar-refractivity contribution < 1.29 is 4.74 Å². The molecule has 112 valence electrons. The van der Waals surface area contributed by atoms with E-state index in [1.807, 2.05) is 0 Å². The molecule has 0 bridgehead atoms. The third-order valence-corrected chi connectivity index (χ3v) is 4.07. The molecule has 2 rings (SSSR count). The number of benzene rings is 1. The monoisotopic (exact) mass is 275 g/mol. The minimum Gasteiger partial charge on any atom is -0.490 e. The van der Waals surface area contributed by atoms with Crippen molar-refractivity contribution in [1.82, 2.24) is 5.32 Å². The maximum Gasteiger partial charge on any atom is 0.125 e. The minimum atomic E-state index is 0.431. The molecule has 0 saturated heterocycles. The van der Waals surface area contributed by atoms with Crippen molar-refractivity contribution in [2.24, 2.45) is 0 Å². The highest BCUT2D eigenvalue weighted by Gasteiger charge is 2.17. The van der Waals surface area contributed by atoms with Gasteiger partial charge in [-0.25, -0.2) is 0 Å². The zero-order chi connectivity index (χ0) is 14.5. The number of hydrogen-bond donors (Lipinski definition) is 1. The largest absolute Gasteiger partial charge is 0.490 e. The predicted octanol–water partition coefficient (Wildman–Crippen LogP) is 4.51. The Hall–Kier alpha value is -1.02. The second-order valence-electron chi connectivity index (χ2n) is 6.47. The van der Waals surface area contributed by atoms with Gasteiger partial charge in [-0.2, -0.15) is 0 Å². The topological polar surface area (TPSA) is 21.3 Å². The number of ether oxygens (including phenoxy) is 1. The van der Waals surface area contributed by atoms with E-state index in [0.29, 0.717) is 12.1 Å². The molecule has 1 N–H and O–H groups in total. The minimum absolute atomic E-state index is 0.431. The van der Waals surface area contributed by atoms with Crippen LogP contribution in [0.5, 0.6) is 5.75 Å². The fraction of sp³-hybridized carbons (Fsp3) is 0.667. The summed E-state index contributed by atoms with van der Waals surface area (Å²) < 4.78 is 6.28. The molecule has 0 atom stereocenters. The van der Waals surface area contributed by atoms with Gasteiger partial charge in [-0.3, -0.25) is 0 Å². The van der Waals surface area contributed by atoms with E-state index in [2.05, 4.69) is 45.1 Å². The van der Waals surface area contributed by atoms with Gasteiger partial charge < -0.3 is 10.1 Å². The number of nitrogens with one attached hydrogen (secondary N) is 1. The molecule has 0 unspecified atom stereocenters. The zero-order valence-electron chi connectivity index (χ0n) is 13.5. The van der Waals surface area contributed by atoms with Gasteiger partial charge in [-0.05, 0) is 56.2 Å². The molecule has 2 nitrogen and oxygen atoms in total. The molecule has 0 heterocycles. The average Bonchev–Trinajstić information content (AvgIpc) is 2.42. The highest BCUT2D eigenvalue weighted by atomic mass is 16.5. The van der Waals surface area contributed by atoms with Crippen LogP contribution < -0.4 is 10.1 Å². The Kier molecular flexibility index (Phi) is 5.47. The van der Waals surface area contributed by atoms with Crippen LogP contribution in [0.4, 0.5) is 0 Å². The Labute approximate surface area is 123 Å². The summed E-state index contributed by atoms with van der Waals surface area (Å²) in [7, 11) is 0. The van der Waals surface area contributed by atoms with Crippen LogP contribution in [0.3, 0.4) is 0 Å². The van der Waals surface area contributed by atoms with Crippen LogP contribution in [0.25, 0.3) is 0 Å². The second kappa shape index (κ2) is 7.12. The molecule has 0 aromatic heterocycles. The molecular formula is C18H29NO. The number of hydrogen-bond acceptors (Lipinski definition) is 2. The lowest BCUT2D eigenvalue weighted by molar-refractivity contribution is 0.153. The summed E-state index contributed by atoms with van der Waals surface area (Å²) >= 11 is 0. The van der Waals surface area contributed by atoms with Crippen LogP contribution in [0.2, 0.25) is 0 Å². The predicted molar refractivity (Wildman–Crippen MR) is 85.4 cm³/mol. The van der Waals surface area contributed by atoms with Crippen LogP contribution in [0.1, 0.15) is 62.6 Å². The normalized spacial score (nSPS) is 16.6. The lowest BCUT2D eigenvalue weighted by Gasteiger charge is -2.25. The van der Waals surface area contributed by atoms with E-state index >= 15 is 0 Å². The Bertz CT molecular complexity index is 410. The van der Waals surface area contributed by atoms with E-state index < -0.39 is 0 Å². The molecule has 2 heteroatoms. The van der Waals surface area contributed by atoms with Gasteiger partial charge >= 0.3 is 0 Å². The van der Waals surface area contributed by atoms with Crippen LogP contribution in [-0.4, -0.2) is 12.1 Å². The second-order valence-corrected chi connectivity index (χ2v) is 6.47. The summed E-state index contributed by atoms with van der Waals surface area (Å²) in [6, 6.07) is 5.05. The molecule has 20 heavy (non-hydrogen) atoms. The highest BCUT2D eigenvalue weighted by molar-refractivity contribution is 5.43. The Morgan fingerprint density at radius 2 is 1.70 bits per heavy atom. The quantitative estimate of drug-likeness (QED) is 0.853. The molecule has 0 aliphatic heterocycles. The SMILES string of the molecule is Cc1cc(CNC(C)C)cc(C)c1OC1CCCCC1. The molecule has 0 radical (unpaired) electrons. The molecule has 1 fully saturated rings. The van der Waals surface area contributed by atoms with Crippen LogP contribution in [0, 0.1) is 13.8 Å². The van der Waals surface area contributed by atoms with Crippen molar-refractivity contribution in [3.8, 4) is 5.75 Å². The smallest absolute Gasteiger partial charge is 0.125 e. The van der Waals surface area contributed by atoms with E-state index in [-0.39, 0.29) is 0 Å². The van der Waals surface area contributed by atoms with Gasteiger partial charge in [-0.15, -0.1) is 0 Å². The van der Waals surface area contributed by atoms with Crippen molar-refractivity contribution in [2.75, 3.05) is 0 Å². The first-order valence-electron chi connectivity index (χ1n) is 8.06. The van der Waals surface area contributed by atoms with Crippen molar-refractivity contribution in [2.45, 2.75) is 78.5 Å². The molecule has 1 aliphatic carbocycles. The third-order valence-electron chi connectivity index (χ3n) is 4.07. The van der Waals surface area contributed by atoms with Gasteiger partial charge in [-0.1, -0.05) is 32.4 Å². The molecule has 1 aromatic rings. The van der Waals surface area contributed by atoms with Gasteiger partial charge in [0.1, 0.15) is 5.75 Å². The maximum absolute atomic E-state index is 6.28. The van der Waals surface area contributed by atoms with Gasteiger partial charge in [0.15, 0.2) is 0 Å². The highest BCUT2D eigenvalue weighted by Crippen LogP contribution is 2.29. The molecule has 1 aromatic carbocycles. The fourth-order valence-electron chi connectivity index (χ4n) is 3.00. The van der Waals surface area contributed by atoms with Gasteiger partial charge in [0.25, 0.3) is 0 Å². The van der Waals surface area contributed by atoms with E-state index in [1.54, 1.807) is 0 Å². The zero-order valence-corrected chi connectivity index (χ0v) is 13.5. The van der Waals surface area contributed by atoms with Crippen molar-refractivity contribution in [3.05, 3.63) is 28.8 Å². The summed E-state index contributed by atoms with van der Waals surface area (Å²) in [5.74, 6) is 1.12. The van der Waals surface area contributed by atoms with E-state index in [0.717, 1.165) is 12.3 Å². The van der Waals surface area contributed by atoms with Crippen LogP contribution in [0.15, 0.2) is 12.1 Å². The van der Waals surface area contributed by atoms with Crippen LogP contribution in [-0.2, 0) is 6.54 Å². The van der Waals surface area contributed by atoms with Crippen molar-refractivity contribution >= 4 is 0 Å². The summed E-state index contributed by atoms with van der Waals surface area (Å²) in [5, 5.41) is 3.48. The third kappa shape index (κ3) is 4.24. The van der Waals surface area contributed by atoms with E-state index in [1.165, 1.54) is 48.8 Å². The molecule has 0 amide bonds. The maximum atomic E-state index is 6.28. The first kappa shape index (κ1) is 15.4. The van der Waals surface area contributed by atoms with Crippen LogP contribution >= 0.6 is 0 Å².